The van der Waals surface area contributed by atoms with E-state index in [1.54, 1.807) is 4.90 Å². The molecule has 1 saturated heterocycles. The second-order valence-electron chi connectivity index (χ2n) is 5.34. The van der Waals surface area contributed by atoms with Crippen molar-refractivity contribution in [1.82, 2.24) is 4.98 Å². The topological polar surface area (TPSA) is 63.4 Å². The van der Waals surface area contributed by atoms with Crippen LogP contribution in [-0.2, 0) is 4.74 Å². The van der Waals surface area contributed by atoms with Crippen molar-refractivity contribution in [1.29, 1.82) is 0 Å². The van der Waals surface area contributed by atoms with Crippen LogP contribution in [0.3, 0.4) is 0 Å². The van der Waals surface area contributed by atoms with Gasteiger partial charge >= 0.3 is 0 Å². The number of nitrogens with one attached hydrogen (secondary N) is 1. The summed E-state index contributed by atoms with van der Waals surface area (Å²) in [6.45, 7) is 6.69. The minimum Gasteiger partial charge on any atom is -0.369 e. The summed E-state index contributed by atoms with van der Waals surface area (Å²) >= 11 is 0. The summed E-state index contributed by atoms with van der Waals surface area (Å²) < 4.78 is 33.0. The van der Waals surface area contributed by atoms with Gasteiger partial charge in [-0.3, -0.25) is 0 Å². The number of halogens is 2. The number of anilines is 2. The molecule has 2 rings (SSSR count). The van der Waals surface area contributed by atoms with E-state index < -0.39 is 17.2 Å². The molecule has 0 spiro atoms. The molecule has 0 saturated carbocycles. The summed E-state index contributed by atoms with van der Waals surface area (Å²) in [5.74, 6) is 3.55. The molecule has 0 bridgehead atoms. The molecule has 0 radical (unpaired) electrons. The number of aromatic nitrogens is 1. The number of ether oxygens (including phenoxy) is 1. The first-order valence-electron chi connectivity index (χ1n) is 6.08. The zero-order chi connectivity index (χ0) is 14.2. The van der Waals surface area contributed by atoms with E-state index in [0.29, 0.717) is 13.1 Å². The zero-order valence-electron chi connectivity index (χ0n) is 11.2. The molecule has 0 aliphatic carbocycles. The highest BCUT2D eigenvalue weighted by Crippen LogP contribution is 2.28. The van der Waals surface area contributed by atoms with Crippen molar-refractivity contribution in [3.05, 3.63) is 17.7 Å². The van der Waals surface area contributed by atoms with Crippen molar-refractivity contribution in [2.24, 2.45) is 5.84 Å². The molecule has 0 amide bonds. The van der Waals surface area contributed by atoms with E-state index in [1.165, 1.54) is 0 Å². The molecule has 19 heavy (non-hydrogen) atoms. The van der Waals surface area contributed by atoms with Gasteiger partial charge in [-0.15, -0.1) is 0 Å². The van der Waals surface area contributed by atoms with Gasteiger partial charge in [0.15, 0.2) is 23.3 Å². The van der Waals surface area contributed by atoms with E-state index in [2.05, 4.69) is 10.4 Å². The predicted molar refractivity (Wildman–Crippen MR) is 68.8 cm³/mol. The van der Waals surface area contributed by atoms with Crippen LogP contribution in [0.2, 0.25) is 0 Å². The average Bonchev–Trinajstić information content (AvgIpc) is 2.26. The maximum atomic E-state index is 13.9. The summed E-state index contributed by atoms with van der Waals surface area (Å²) in [6, 6.07) is 0.782. The molecule has 7 heteroatoms. The van der Waals surface area contributed by atoms with Gasteiger partial charge in [0.25, 0.3) is 0 Å². The van der Waals surface area contributed by atoms with Gasteiger partial charge in [0.05, 0.1) is 11.7 Å². The summed E-state index contributed by atoms with van der Waals surface area (Å²) in [4.78, 5) is 5.64. The molecule has 106 valence electrons. The standard InChI is InChI=1S/C12H18F2N4O/c1-7-5-18(6-12(2,3)19-7)11-9(14)4-8(13)10(16-11)17-15/h4,7H,5-6,15H2,1-3H3,(H,16,17). The quantitative estimate of drug-likeness (QED) is 0.633. The van der Waals surface area contributed by atoms with Crippen LogP contribution in [0, 0.1) is 11.6 Å². The predicted octanol–water partition coefficient (Wildman–Crippen LogP) is 1.65. The Kier molecular flexibility index (Phi) is 3.60. The lowest BCUT2D eigenvalue weighted by Gasteiger charge is -2.42. The number of hydrogen-bond donors (Lipinski definition) is 2. The fourth-order valence-electron chi connectivity index (χ4n) is 2.39. The van der Waals surface area contributed by atoms with Gasteiger partial charge in [-0.25, -0.2) is 19.6 Å². The second kappa shape index (κ2) is 4.90. The van der Waals surface area contributed by atoms with Crippen LogP contribution in [0.4, 0.5) is 20.4 Å². The van der Waals surface area contributed by atoms with Crippen molar-refractivity contribution < 1.29 is 13.5 Å². The highest BCUT2D eigenvalue weighted by atomic mass is 19.1. The van der Waals surface area contributed by atoms with Gasteiger partial charge in [-0.1, -0.05) is 0 Å². The first-order chi connectivity index (χ1) is 8.82. The number of hydrazine groups is 1. The smallest absolute Gasteiger partial charge is 0.178 e. The largest absolute Gasteiger partial charge is 0.369 e. The monoisotopic (exact) mass is 272 g/mol. The Morgan fingerprint density at radius 2 is 2.16 bits per heavy atom. The van der Waals surface area contributed by atoms with E-state index in [4.69, 9.17) is 10.6 Å². The first-order valence-corrected chi connectivity index (χ1v) is 6.08. The van der Waals surface area contributed by atoms with Gasteiger partial charge in [0.2, 0.25) is 0 Å². The van der Waals surface area contributed by atoms with Crippen LogP contribution < -0.4 is 16.2 Å². The average molecular weight is 272 g/mol. The van der Waals surface area contributed by atoms with Gasteiger partial charge in [0.1, 0.15) is 0 Å². The molecule has 3 N–H and O–H groups in total. The number of nitrogen functional groups attached to an aromatic ring is 1. The van der Waals surface area contributed by atoms with Gasteiger partial charge in [-0.05, 0) is 20.8 Å². The number of pyridine rings is 1. The molecule has 1 aliphatic heterocycles. The molecule has 5 nitrogen and oxygen atoms in total. The van der Waals surface area contributed by atoms with E-state index in [9.17, 15) is 8.78 Å². The van der Waals surface area contributed by atoms with Crippen molar-refractivity contribution in [2.75, 3.05) is 23.4 Å². The zero-order valence-corrected chi connectivity index (χ0v) is 11.2. The molecule has 0 aromatic carbocycles. The minimum absolute atomic E-state index is 0.0655. The number of hydrogen-bond acceptors (Lipinski definition) is 5. The lowest BCUT2D eigenvalue weighted by Crippen LogP contribution is -2.52. The molecular weight excluding hydrogens is 254 g/mol. The third-order valence-electron chi connectivity index (χ3n) is 2.92. The Morgan fingerprint density at radius 3 is 2.74 bits per heavy atom. The van der Waals surface area contributed by atoms with Crippen LogP contribution in [0.15, 0.2) is 6.07 Å². The van der Waals surface area contributed by atoms with Crippen molar-refractivity contribution in [3.63, 3.8) is 0 Å². The van der Waals surface area contributed by atoms with Gasteiger partial charge in [-0.2, -0.15) is 0 Å². The van der Waals surface area contributed by atoms with Crippen molar-refractivity contribution in [2.45, 2.75) is 32.5 Å². The third kappa shape index (κ3) is 2.93. The Bertz CT molecular complexity index is 481. The Hall–Kier alpha value is -1.47. The highest BCUT2D eigenvalue weighted by molar-refractivity contribution is 5.49. The molecule has 1 aliphatic rings. The van der Waals surface area contributed by atoms with Crippen LogP contribution in [-0.4, -0.2) is 29.8 Å². The molecule has 1 aromatic rings. The fraction of sp³-hybridized carbons (Fsp3) is 0.583. The van der Waals surface area contributed by atoms with E-state index in [-0.39, 0.29) is 17.7 Å². The SMILES string of the molecule is CC1CN(c2nc(NN)c(F)cc2F)CC(C)(C)O1. The summed E-state index contributed by atoms with van der Waals surface area (Å²) in [6.07, 6.45) is -0.0655. The second-order valence-corrected chi connectivity index (χ2v) is 5.34. The summed E-state index contributed by atoms with van der Waals surface area (Å²) in [5, 5.41) is 0. The molecule has 1 atom stereocenters. The van der Waals surface area contributed by atoms with Crippen LogP contribution in [0.25, 0.3) is 0 Å². The van der Waals surface area contributed by atoms with Crippen molar-refractivity contribution >= 4 is 11.6 Å². The number of morpholine rings is 1. The van der Waals surface area contributed by atoms with Gasteiger partial charge < -0.3 is 15.1 Å². The summed E-state index contributed by atoms with van der Waals surface area (Å²) in [5.41, 5.74) is 1.70. The maximum absolute atomic E-state index is 13.9. The van der Waals surface area contributed by atoms with Crippen LogP contribution >= 0.6 is 0 Å². The molecule has 1 fully saturated rings. The molecule has 1 aromatic heterocycles. The van der Waals surface area contributed by atoms with Crippen LogP contribution in [0.1, 0.15) is 20.8 Å². The Labute approximate surface area is 110 Å². The lowest BCUT2D eigenvalue weighted by molar-refractivity contribution is -0.0753. The normalized spacial score (nSPS) is 22.4. The van der Waals surface area contributed by atoms with E-state index in [1.807, 2.05) is 20.8 Å². The minimum atomic E-state index is -0.815. The fourth-order valence-corrected chi connectivity index (χ4v) is 2.39. The maximum Gasteiger partial charge on any atom is 0.178 e. The molecule has 1 unspecified atom stereocenters. The van der Waals surface area contributed by atoms with E-state index >= 15 is 0 Å². The number of nitrogens with two attached hydrogens (primary N) is 1. The number of rotatable bonds is 2. The molecular formula is C12H18F2N4O. The Morgan fingerprint density at radius 1 is 1.47 bits per heavy atom. The van der Waals surface area contributed by atoms with E-state index in [0.717, 1.165) is 6.07 Å². The first kappa shape index (κ1) is 14.0. The van der Waals surface area contributed by atoms with Gasteiger partial charge in [0, 0.05) is 19.2 Å². The summed E-state index contributed by atoms with van der Waals surface area (Å²) in [7, 11) is 0. The molecule has 2 heterocycles. The Balaban J connectivity index is 2.35. The van der Waals surface area contributed by atoms with Crippen LogP contribution in [0.5, 0.6) is 0 Å². The highest BCUT2D eigenvalue weighted by Gasteiger charge is 2.33. The van der Waals surface area contributed by atoms with Crippen molar-refractivity contribution in [3.8, 4) is 0 Å². The lowest BCUT2D eigenvalue weighted by atomic mass is 10.1. The third-order valence-corrected chi connectivity index (χ3v) is 2.92. The number of nitrogens with zero attached hydrogens (tertiary/aromatic N) is 2.